The number of amides is 1. The van der Waals surface area contributed by atoms with Gasteiger partial charge in [0.15, 0.2) is 0 Å². The van der Waals surface area contributed by atoms with Gasteiger partial charge in [-0.05, 0) is 60.5 Å². The quantitative estimate of drug-likeness (QED) is 0.627. The average Bonchev–Trinajstić information content (AvgIpc) is 3.12. The zero-order valence-electron chi connectivity index (χ0n) is 15.2. The van der Waals surface area contributed by atoms with E-state index in [0.29, 0.717) is 0 Å². The molecular weight excluding hydrogens is 340 g/mol. The molecule has 1 amide bonds. The summed E-state index contributed by atoms with van der Waals surface area (Å²) in [5.41, 5.74) is 4.10. The van der Waals surface area contributed by atoms with Crippen LogP contribution in [-0.4, -0.2) is 12.5 Å². The van der Waals surface area contributed by atoms with Crippen LogP contribution in [0.1, 0.15) is 27.6 Å². The van der Waals surface area contributed by atoms with Gasteiger partial charge in [-0.3, -0.25) is 4.79 Å². The molecule has 0 saturated heterocycles. The number of rotatable bonds is 7. The fourth-order valence-electron chi connectivity index (χ4n) is 3.06. The van der Waals surface area contributed by atoms with Gasteiger partial charge in [-0.25, -0.2) is 0 Å². The molecule has 3 rings (SSSR count). The average molecular weight is 365 g/mol. The van der Waals surface area contributed by atoms with Gasteiger partial charge in [0.25, 0.3) is 0 Å². The van der Waals surface area contributed by atoms with Gasteiger partial charge >= 0.3 is 0 Å². The van der Waals surface area contributed by atoms with Crippen LogP contribution in [0.4, 0.5) is 5.69 Å². The molecular formula is C22H24N2OS. The first kappa shape index (κ1) is 18.4. The van der Waals surface area contributed by atoms with E-state index in [4.69, 9.17) is 0 Å². The molecule has 0 saturated carbocycles. The van der Waals surface area contributed by atoms with Crippen molar-refractivity contribution in [2.24, 2.45) is 0 Å². The first-order chi connectivity index (χ1) is 12.6. The lowest BCUT2D eigenvalue weighted by atomic mass is 10.1. The second-order valence-corrected chi connectivity index (χ2v) is 7.53. The van der Waals surface area contributed by atoms with Crippen molar-refractivity contribution in [2.75, 3.05) is 11.9 Å². The Kier molecular flexibility index (Phi) is 6.21. The third kappa shape index (κ3) is 5.04. The van der Waals surface area contributed by atoms with Crippen LogP contribution in [0.2, 0.25) is 0 Å². The minimum absolute atomic E-state index is 0.0348. The van der Waals surface area contributed by atoms with Crippen molar-refractivity contribution in [3.05, 3.63) is 87.6 Å². The number of carbonyl (C=O) groups is 1. The molecule has 1 heterocycles. The summed E-state index contributed by atoms with van der Waals surface area (Å²) in [7, 11) is 0. The van der Waals surface area contributed by atoms with Crippen molar-refractivity contribution >= 4 is 22.9 Å². The number of nitrogens with one attached hydrogen (secondary N) is 2. The zero-order chi connectivity index (χ0) is 18.4. The second kappa shape index (κ2) is 8.79. The van der Waals surface area contributed by atoms with Crippen molar-refractivity contribution in [1.82, 2.24) is 5.32 Å². The van der Waals surface area contributed by atoms with Crippen LogP contribution < -0.4 is 10.6 Å². The van der Waals surface area contributed by atoms with Gasteiger partial charge in [0.05, 0.1) is 0 Å². The molecule has 0 unspecified atom stereocenters. The van der Waals surface area contributed by atoms with Crippen molar-refractivity contribution in [1.29, 1.82) is 0 Å². The third-order valence-corrected chi connectivity index (χ3v) is 5.12. The van der Waals surface area contributed by atoms with Crippen LogP contribution in [0.25, 0.3) is 0 Å². The summed E-state index contributed by atoms with van der Waals surface area (Å²) in [4.78, 5) is 14.3. The minimum atomic E-state index is -0.378. The summed E-state index contributed by atoms with van der Waals surface area (Å²) in [6, 6.07) is 19.8. The van der Waals surface area contributed by atoms with Crippen molar-refractivity contribution in [3.8, 4) is 0 Å². The highest BCUT2D eigenvalue weighted by Crippen LogP contribution is 2.19. The molecule has 0 aliphatic carbocycles. The van der Waals surface area contributed by atoms with Crippen LogP contribution in [0.3, 0.4) is 0 Å². The Labute approximate surface area is 159 Å². The fraction of sp³-hybridized carbons (Fsp3) is 0.227. The lowest BCUT2D eigenvalue weighted by Crippen LogP contribution is -2.34. The van der Waals surface area contributed by atoms with Crippen LogP contribution >= 0.6 is 11.3 Å². The Morgan fingerprint density at radius 3 is 2.38 bits per heavy atom. The van der Waals surface area contributed by atoms with Crippen molar-refractivity contribution in [2.45, 2.75) is 26.3 Å². The fourth-order valence-corrected chi connectivity index (χ4v) is 3.77. The summed E-state index contributed by atoms with van der Waals surface area (Å²) in [6.45, 7) is 4.83. The molecule has 26 heavy (non-hydrogen) atoms. The Hall–Kier alpha value is -2.43. The van der Waals surface area contributed by atoms with Crippen LogP contribution in [0.15, 0.2) is 66.0 Å². The molecule has 2 N–H and O–H groups in total. The Morgan fingerprint density at radius 2 is 1.73 bits per heavy atom. The van der Waals surface area contributed by atoms with Gasteiger partial charge in [-0.1, -0.05) is 42.5 Å². The Morgan fingerprint density at radius 1 is 1.00 bits per heavy atom. The molecule has 134 valence electrons. The predicted molar refractivity (Wildman–Crippen MR) is 110 cm³/mol. The number of aryl methyl sites for hydroxylation is 2. The highest BCUT2D eigenvalue weighted by atomic mass is 32.1. The summed E-state index contributed by atoms with van der Waals surface area (Å²) < 4.78 is 0. The smallest absolute Gasteiger partial charge is 0.246 e. The third-order valence-electron chi connectivity index (χ3n) is 4.18. The Bertz CT molecular complexity index is 824. The maximum Gasteiger partial charge on any atom is 0.246 e. The van der Waals surface area contributed by atoms with E-state index in [2.05, 4.69) is 34.2 Å². The van der Waals surface area contributed by atoms with E-state index in [1.54, 1.807) is 11.3 Å². The molecule has 4 heteroatoms. The van der Waals surface area contributed by atoms with E-state index in [-0.39, 0.29) is 11.9 Å². The number of hydrogen-bond donors (Lipinski definition) is 2. The number of thiophene rings is 1. The SMILES string of the molecule is Cc1cc(C)cc(NC(=O)[C@@H](NCCc2cccs2)c2ccccc2)c1. The standard InChI is InChI=1S/C22H24N2OS/c1-16-13-17(2)15-19(14-16)24-22(25)21(18-7-4-3-5-8-18)23-11-10-20-9-6-12-26-20/h3-9,12-15,21,23H,10-11H2,1-2H3,(H,24,25)/t21-/m0/s1. The van der Waals surface area contributed by atoms with E-state index in [1.807, 2.05) is 56.3 Å². The molecule has 3 aromatic rings. The van der Waals surface area contributed by atoms with Crippen molar-refractivity contribution in [3.63, 3.8) is 0 Å². The largest absolute Gasteiger partial charge is 0.324 e. The van der Waals surface area contributed by atoms with Gasteiger partial charge in [-0.15, -0.1) is 11.3 Å². The maximum atomic E-state index is 13.0. The normalized spacial score (nSPS) is 11.9. The van der Waals surface area contributed by atoms with Gasteiger partial charge in [0.2, 0.25) is 5.91 Å². The first-order valence-corrected chi connectivity index (χ1v) is 9.69. The number of hydrogen-bond acceptors (Lipinski definition) is 3. The van der Waals surface area contributed by atoms with Crippen molar-refractivity contribution < 1.29 is 4.79 Å². The van der Waals surface area contributed by atoms with Gasteiger partial charge in [0, 0.05) is 17.1 Å². The van der Waals surface area contributed by atoms with Crippen LogP contribution in [-0.2, 0) is 11.2 Å². The summed E-state index contributed by atoms with van der Waals surface area (Å²) in [6.07, 6.45) is 0.915. The lowest BCUT2D eigenvalue weighted by molar-refractivity contribution is -0.118. The lowest BCUT2D eigenvalue weighted by Gasteiger charge is -2.19. The maximum absolute atomic E-state index is 13.0. The van der Waals surface area contributed by atoms with E-state index < -0.39 is 0 Å². The second-order valence-electron chi connectivity index (χ2n) is 6.49. The number of carbonyl (C=O) groups excluding carboxylic acids is 1. The van der Waals surface area contributed by atoms with Crippen LogP contribution in [0, 0.1) is 13.8 Å². The molecule has 3 nitrogen and oxygen atoms in total. The topological polar surface area (TPSA) is 41.1 Å². The zero-order valence-corrected chi connectivity index (χ0v) is 16.0. The molecule has 0 bridgehead atoms. The Balaban J connectivity index is 1.72. The van der Waals surface area contributed by atoms with Gasteiger partial charge in [0.1, 0.15) is 6.04 Å². The molecule has 2 aromatic carbocycles. The highest BCUT2D eigenvalue weighted by Gasteiger charge is 2.20. The van der Waals surface area contributed by atoms with E-state index in [0.717, 1.165) is 35.3 Å². The molecule has 0 radical (unpaired) electrons. The first-order valence-electron chi connectivity index (χ1n) is 8.82. The highest BCUT2D eigenvalue weighted by molar-refractivity contribution is 7.09. The molecule has 1 atom stereocenters. The molecule has 0 spiro atoms. The summed E-state index contributed by atoms with van der Waals surface area (Å²) in [5.74, 6) is -0.0348. The molecule has 1 aromatic heterocycles. The van der Waals surface area contributed by atoms with Gasteiger partial charge < -0.3 is 10.6 Å². The van der Waals surface area contributed by atoms with Crippen LogP contribution in [0.5, 0.6) is 0 Å². The van der Waals surface area contributed by atoms with Gasteiger partial charge in [-0.2, -0.15) is 0 Å². The predicted octanol–water partition coefficient (Wildman–Crippen LogP) is 4.88. The molecule has 0 aliphatic heterocycles. The minimum Gasteiger partial charge on any atom is -0.324 e. The monoisotopic (exact) mass is 364 g/mol. The van der Waals surface area contributed by atoms with E-state index in [9.17, 15) is 4.79 Å². The summed E-state index contributed by atoms with van der Waals surface area (Å²) in [5, 5.41) is 8.57. The molecule has 0 aliphatic rings. The number of benzene rings is 2. The van der Waals surface area contributed by atoms with E-state index >= 15 is 0 Å². The van der Waals surface area contributed by atoms with E-state index in [1.165, 1.54) is 4.88 Å². The molecule has 0 fully saturated rings. The number of anilines is 1. The summed E-state index contributed by atoms with van der Waals surface area (Å²) >= 11 is 1.74.